The molecule has 0 aliphatic carbocycles. The Morgan fingerprint density at radius 1 is 1.19 bits per heavy atom. The van der Waals surface area contributed by atoms with Gasteiger partial charge in [0.05, 0.1) is 9.95 Å². The van der Waals surface area contributed by atoms with Gasteiger partial charge in [0, 0.05) is 18.6 Å². The Kier molecular flexibility index (Phi) is 4.90. The number of benzene rings is 2. The summed E-state index contributed by atoms with van der Waals surface area (Å²) < 4.78 is 5.30. The molecule has 0 aliphatic rings. The molecule has 21 heavy (non-hydrogen) atoms. The molecule has 0 aliphatic heterocycles. The summed E-state index contributed by atoms with van der Waals surface area (Å²) in [4.78, 5) is 21.8. The lowest BCUT2D eigenvalue weighted by Crippen LogP contribution is -2.14. The Bertz CT molecular complexity index is 658. The normalized spacial score (nSPS) is 10.1. The van der Waals surface area contributed by atoms with E-state index >= 15 is 0 Å². The molecule has 0 aromatic heterocycles. The van der Waals surface area contributed by atoms with E-state index in [0.717, 1.165) is 5.56 Å². The smallest absolute Gasteiger partial charge is 0.271 e. The molecule has 0 heterocycles. The molecule has 0 unspecified atom stereocenters. The van der Waals surface area contributed by atoms with Gasteiger partial charge in [-0.1, -0.05) is 41.9 Å². The summed E-state index contributed by atoms with van der Waals surface area (Å²) in [6.07, 6.45) is 0.269. The van der Waals surface area contributed by atoms with Crippen molar-refractivity contribution in [3.05, 3.63) is 69.2 Å². The molecule has 2 aromatic rings. The summed E-state index contributed by atoms with van der Waals surface area (Å²) in [5.74, 6) is 0.152. The molecule has 2 rings (SSSR count). The summed E-state index contributed by atoms with van der Waals surface area (Å²) in [5, 5.41) is 10.7. The fourth-order valence-corrected chi connectivity index (χ4v) is 1.98. The highest BCUT2D eigenvalue weighted by Crippen LogP contribution is 2.28. The Morgan fingerprint density at radius 2 is 1.90 bits per heavy atom. The van der Waals surface area contributed by atoms with Crippen LogP contribution in [-0.4, -0.2) is 17.3 Å². The van der Waals surface area contributed by atoms with Crippen LogP contribution in [0, 0.1) is 10.1 Å². The first kappa shape index (κ1) is 15.0. The number of rotatable bonds is 6. The van der Waals surface area contributed by atoms with Crippen LogP contribution in [0.2, 0.25) is 5.02 Å². The average Bonchev–Trinajstić information content (AvgIpc) is 2.47. The third-order valence-corrected chi connectivity index (χ3v) is 3.05. The van der Waals surface area contributed by atoms with Gasteiger partial charge < -0.3 is 4.74 Å². The summed E-state index contributed by atoms with van der Waals surface area (Å²) >= 11 is 5.88. The van der Waals surface area contributed by atoms with Crippen LogP contribution in [0.25, 0.3) is 0 Å². The Hall–Kier alpha value is -2.40. The third kappa shape index (κ3) is 4.29. The summed E-state index contributed by atoms with van der Waals surface area (Å²) in [5.41, 5.74) is 0.781. The minimum Gasteiger partial charge on any atom is -0.484 e. The van der Waals surface area contributed by atoms with E-state index < -0.39 is 4.92 Å². The van der Waals surface area contributed by atoms with Crippen molar-refractivity contribution in [2.24, 2.45) is 0 Å². The van der Waals surface area contributed by atoms with E-state index in [1.807, 2.05) is 30.3 Å². The maximum absolute atomic E-state index is 11.8. The fraction of sp³-hybridized carbons (Fsp3) is 0.133. The number of nitro benzene ring substituents is 1. The zero-order valence-electron chi connectivity index (χ0n) is 11.0. The number of nitro groups is 1. The highest BCUT2D eigenvalue weighted by Gasteiger charge is 2.11. The first-order valence-electron chi connectivity index (χ1n) is 6.18. The maximum atomic E-state index is 11.8. The molecule has 0 atom stereocenters. The van der Waals surface area contributed by atoms with Gasteiger partial charge in [0.2, 0.25) is 0 Å². The Balaban J connectivity index is 1.94. The first-order valence-corrected chi connectivity index (χ1v) is 6.56. The minimum atomic E-state index is -0.545. The molecule has 108 valence electrons. The largest absolute Gasteiger partial charge is 0.484 e. The summed E-state index contributed by atoms with van der Waals surface area (Å²) in [6.45, 7) is -0.133. The van der Waals surface area contributed by atoms with E-state index in [4.69, 9.17) is 16.3 Å². The van der Waals surface area contributed by atoms with Gasteiger partial charge in [-0.15, -0.1) is 0 Å². The monoisotopic (exact) mass is 305 g/mol. The van der Waals surface area contributed by atoms with E-state index in [0.29, 0.717) is 0 Å². The van der Waals surface area contributed by atoms with E-state index in [2.05, 4.69) is 0 Å². The highest BCUT2D eigenvalue weighted by molar-refractivity contribution is 6.32. The van der Waals surface area contributed by atoms with Crippen LogP contribution < -0.4 is 4.74 Å². The molecule has 5 nitrogen and oxygen atoms in total. The number of carbonyl (C=O) groups is 1. The van der Waals surface area contributed by atoms with Crippen molar-refractivity contribution in [2.75, 3.05) is 6.61 Å². The van der Waals surface area contributed by atoms with Crippen molar-refractivity contribution >= 4 is 23.1 Å². The van der Waals surface area contributed by atoms with Crippen molar-refractivity contribution in [3.63, 3.8) is 0 Å². The van der Waals surface area contributed by atoms with Crippen LogP contribution in [0.5, 0.6) is 5.75 Å². The van der Waals surface area contributed by atoms with Crippen LogP contribution in [0.3, 0.4) is 0 Å². The molecule has 0 saturated heterocycles. The number of ether oxygens (including phenoxy) is 1. The first-order chi connectivity index (χ1) is 10.1. The third-order valence-electron chi connectivity index (χ3n) is 2.76. The maximum Gasteiger partial charge on any atom is 0.271 e. The molecule has 0 bridgehead atoms. The zero-order valence-corrected chi connectivity index (χ0v) is 11.7. The van der Waals surface area contributed by atoms with Gasteiger partial charge in [-0.2, -0.15) is 0 Å². The van der Waals surface area contributed by atoms with Gasteiger partial charge in [-0.25, -0.2) is 0 Å². The van der Waals surface area contributed by atoms with Crippen LogP contribution in [0.4, 0.5) is 5.69 Å². The summed E-state index contributed by atoms with van der Waals surface area (Å²) in [7, 11) is 0. The minimum absolute atomic E-state index is 0.101. The molecule has 0 spiro atoms. The van der Waals surface area contributed by atoms with E-state index in [1.165, 1.54) is 18.2 Å². The van der Waals surface area contributed by atoms with Crippen LogP contribution in [-0.2, 0) is 11.2 Å². The van der Waals surface area contributed by atoms with Gasteiger partial charge >= 0.3 is 0 Å². The fourth-order valence-electron chi connectivity index (χ4n) is 1.75. The van der Waals surface area contributed by atoms with Gasteiger partial charge in [-0.3, -0.25) is 14.9 Å². The molecular weight excluding hydrogens is 294 g/mol. The van der Waals surface area contributed by atoms with Crippen molar-refractivity contribution in [1.29, 1.82) is 0 Å². The van der Waals surface area contributed by atoms with E-state index in [9.17, 15) is 14.9 Å². The van der Waals surface area contributed by atoms with Gasteiger partial charge in [0.15, 0.2) is 5.78 Å². The second-order valence-corrected chi connectivity index (χ2v) is 4.77. The van der Waals surface area contributed by atoms with E-state index in [-0.39, 0.29) is 35.3 Å². The molecule has 0 saturated carbocycles. The van der Waals surface area contributed by atoms with Crippen molar-refractivity contribution < 1.29 is 14.5 Å². The number of Topliss-reactive ketones (excluding diaryl/α,β-unsaturated/α-hetero) is 1. The Labute approximate surface area is 126 Å². The number of halogens is 1. The Morgan fingerprint density at radius 3 is 2.52 bits per heavy atom. The molecule has 6 heteroatoms. The lowest BCUT2D eigenvalue weighted by molar-refractivity contribution is -0.384. The second-order valence-electron chi connectivity index (χ2n) is 4.36. The van der Waals surface area contributed by atoms with Crippen LogP contribution in [0.15, 0.2) is 48.5 Å². The number of nitrogens with zero attached hydrogens (tertiary/aromatic N) is 1. The SMILES string of the molecule is O=C(COc1ccc([N+](=O)[O-])cc1Cl)Cc1ccccc1. The van der Waals surface area contributed by atoms with E-state index in [1.54, 1.807) is 0 Å². The summed E-state index contributed by atoms with van der Waals surface area (Å²) in [6, 6.07) is 13.2. The second kappa shape index (κ2) is 6.85. The van der Waals surface area contributed by atoms with Crippen LogP contribution >= 0.6 is 11.6 Å². The number of hydrogen-bond acceptors (Lipinski definition) is 4. The quantitative estimate of drug-likeness (QED) is 0.605. The standard InChI is InChI=1S/C15H12ClNO4/c16-14-9-12(17(19)20)6-7-15(14)21-10-13(18)8-11-4-2-1-3-5-11/h1-7,9H,8,10H2. The van der Waals surface area contributed by atoms with Crippen molar-refractivity contribution in [2.45, 2.75) is 6.42 Å². The number of hydrogen-bond donors (Lipinski definition) is 0. The van der Waals surface area contributed by atoms with Crippen molar-refractivity contribution in [3.8, 4) is 5.75 Å². The average molecular weight is 306 g/mol. The lowest BCUT2D eigenvalue weighted by atomic mass is 10.1. The number of carbonyl (C=O) groups excluding carboxylic acids is 1. The molecule has 0 radical (unpaired) electrons. The zero-order chi connectivity index (χ0) is 15.2. The van der Waals surface area contributed by atoms with Crippen LogP contribution in [0.1, 0.15) is 5.56 Å². The molecule has 0 amide bonds. The van der Waals surface area contributed by atoms with Gasteiger partial charge in [-0.05, 0) is 11.6 Å². The molecule has 2 aromatic carbocycles. The highest BCUT2D eigenvalue weighted by atomic mass is 35.5. The predicted octanol–water partition coefficient (Wildman–Crippen LogP) is 3.44. The predicted molar refractivity (Wildman–Crippen MR) is 78.8 cm³/mol. The number of non-ortho nitro benzene ring substituents is 1. The molecule has 0 N–H and O–H groups in total. The van der Waals surface area contributed by atoms with Gasteiger partial charge in [0.25, 0.3) is 5.69 Å². The lowest BCUT2D eigenvalue weighted by Gasteiger charge is -2.07. The topological polar surface area (TPSA) is 69.4 Å². The van der Waals surface area contributed by atoms with Gasteiger partial charge in [0.1, 0.15) is 12.4 Å². The van der Waals surface area contributed by atoms with Crippen molar-refractivity contribution in [1.82, 2.24) is 0 Å². The number of ketones is 1. The molecular formula is C15H12ClNO4. The molecule has 0 fully saturated rings.